The summed E-state index contributed by atoms with van der Waals surface area (Å²) in [5.74, 6) is 0.468. The van der Waals surface area contributed by atoms with Crippen molar-refractivity contribution in [1.29, 1.82) is 0 Å². The molecule has 100 valence electrons. The summed E-state index contributed by atoms with van der Waals surface area (Å²) in [5.41, 5.74) is -0.302. The second-order valence-corrected chi connectivity index (χ2v) is 4.17. The Balaban J connectivity index is 0.00000256. The first-order valence-corrected chi connectivity index (χ1v) is 5.11. The second kappa shape index (κ2) is 6.26. The first kappa shape index (κ1) is 16.2. The minimum Gasteiger partial charge on any atom is -0.311 e. The van der Waals surface area contributed by atoms with Crippen LogP contribution in [0.5, 0.6) is 0 Å². The number of rotatable bonds is 4. The standard InChI is InChI=1S/C10H16F3N3.ClH/c1-7(2)5-14-6-8-4-9(10(11,12)13)15-16(8)3;/h4,7,14H,5-6H2,1-3H3;1H. The number of nitrogens with zero attached hydrogens (tertiary/aromatic N) is 2. The van der Waals surface area contributed by atoms with Crippen molar-refractivity contribution in [3.8, 4) is 0 Å². The van der Waals surface area contributed by atoms with Gasteiger partial charge < -0.3 is 5.32 Å². The molecule has 17 heavy (non-hydrogen) atoms. The van der Waals surface area contributed by atoms with Crippen molar-refractivity contribution in [2.24, 2.45) is 13.0 Å². The molecular weight excluding hydrogens is 255 g/mol. The summed E-state index contributed by atoms with van der Waals surface area (Å²) < 4.78 is 38.3. The molecule has 0 radical (unpaired) electrons. The number of halogens is 4. The summed E-state index contributed by atoms with van der Waals surface area (Å²) in [6, 6.07) is 1.08. The molecule has 0 saturated carbocycles. The van der Waals surface area contributed by atoms with E-state index in [4.69, 9.17) is 0 Å². The lowest BCUT2D eigenvalue weighted by atomic mass is 10.2. The van der Waals surface area contributed by atoms with Gasteiger partial charge in [-0.1, -0.05) is 13.8 Å². The summed E-state index contributed by atoms with van der Waals surface area (Å²) >= 11 is 0. The van der Waals surface area contributed by atoms with Crippen LogP contribution in [0.15, 0.2) is 6.07 Å². The van der Waals surface area contributed by atoms with E-state index in [0.29, 0.717) is 18.2 Å². The van der Waals surface area contributed by atoms with Gasteiger partial charge in [-0.05, 0) is 18.5 Å². The van der Waals surface area contributed by atoms with Crippen LogP contribution in [0, 0.1) is 5.92 Å². The first-order chi connectivity index (χ1) is 7.30. The van der Waals surface area contributed by atoms with Crippen molar-refractivity contribution in [1.82, 2.24) is 15.1 Å². The highest BCUT2D eigenvalue weighted by molar-refractivity contribution is 5.85. The Kier molecular flexibility index (Phi) is 5.98. The van der Waals surface area contributed by atoms with Crippen LogP contribution in [0.4, 0.5) is 13.2 Å². The van der Waals surface area contributed by atoms with Crippen LogP contribution in [0.1, 0.15) is 25.2 Å². The molecule has 0 spiro atoms. The molecule has 0 aliphatic rings. The zero-order valence-corrected chi connectivity index (χ0v) is 10.8. The third-order valence-corrected chi connectivity index (χ3v) is 2.13. The predicted molar refractivity (Wildman–Crippen MR) is 62.0 cm³/mol. The SMILES string of the molecule is CC(C)CNCc1cc(C(F)(F)F)nn1C.Cl. The quantitative estimate of drug-likeness (QED) is 0.912. The Morgan fingerprint density at radius 1 is 1.41 bits per heavy atom. The molecule has 0 aliphatic heterocycles. The van der Waals surface area contributed by atoms with Crippen LogP contribution < -0.4 is 5.32 Å². The van der Waals surface area contributed by atoms with Crippen molar-refractivity contribution >= 4 is 12.4 Å². The Morgan fingerprint density at radius 3 is 2.41 bits per heavy atom. The van der Waals surface area contributed by atoms with Gasteiger partial charge in [0.2, 0.25) is 0 Å². The molecule has 7 heteroatoms. The molecule has 0 fully saturated rings. The molecule has 1 heterocycles. The van der Waals surface area contributed by atoms with E-state index in [2.05, 4.69) is 10.4 Å². The molecule has 0 amide bonds. The van der Waals surface area contributed by atoms with E-state index >= 15 is 0 Å². The maximum absolute atomic E-state index is 12.3. The number of aromatic nitrogens is 2. The van der Waals surface area contributed by atoms with Gasteiger partial charge in [-0.3, -0.25) is 4.68 Å². The molecule has 0 atom stereocenters. The average molecular weight is 272 g/mol. The fourth-order valence-corrected chi connectivity index (χ4v) is 1.30. The van der Waals surface area contributed by atoms with Crippen LogP contribution in [-0.4, -0.2) is 16.3 Å². The van der Waals surface area contributed by atoms with Gasteiger partial charge in [0.15, 0.2) is 5.69 Å². The van der Waals surface area contributed by atoms with Crippen molar-refractivity contribution in [3.05, 3.63) is 17.5 Å². The largest absolute Gasteiger partial charge is 0.435 e. The Bertz CT molecular complexity index is 347. The lowest BCUT2D eigenvalue weighted by molar-refractivity contribution is -0.141. The van der Waals surface area contributed by atoms with Crippen molar-refractivity contribution in [2.75, 3.05) is 6.54 Å². The third-order valence-electron chi connectivity index (χ3n) is 2.13. The molecule has 1 aromatic heterocycles. The van der Waals surface area contributed by atoms with E-state index in [1.165, 1.54) is 11.7 Å². The van der Waals surface area contributed by atoms with Gasteiger partial charge in [-0.25, -0.2) is 0 Å². The van der Waals surface area contributed by atoms with Gasteiger partial charge in [-0.2, -0.15) is 18.3 Å². The number of alkyl halides is 3. The van der Waals surface area contributed by atoms with E-state index in [9.17, 15) is 13.2 Å². The molecule has 0 saturated heterocycles. The van der Waals surface area contributed by atoms with E-state index in [1.807, 2.05) is 13.8 Å². The topological polar surface area (TPSA) is 29.9 Å². The normalized spacial score (nSPS) is 11.7. The van der Waals surface area contributed by atoms with Gasteiger partial charge >= 0.3 is 6.18 Å². The Labute approximate surface area is 105 Å². The molecule has 0 aliphatic carbocycles. The average Bonchev–Trinajstić information content (AvgIpc) is 2.46. The zero-order valence-electron chi connectivity index (χ0n) is 10.0. The zero-order chi connectivity index (χ0) is 12.3. The van der Waals surface area contributed by atoms with Gasteiger partial charge in [0.05, 0.1) is 5.69 Å². The Morgan fingerprint density at radius 2 is 2.00 bits per heavy atom. The highest BCUT2D eigenvalue weighted by atomic mass is 35.5. The summed E-state index contributed by atoms with van der Waals surface area (Å²) in [4.78, 5) is 0. The number of nitrogens with one attached hydrogen (secondary N) is 1. The molecular formula is C10H17ClF3N3. The van der Waals surface area contributed by atoms with Gasteiger partial charge in [0, 0.05) is 13.6 Å². The second-order valence-electron chi connectivity index (χ2n) is 4.17. The van der Waals surface area contributed by atoms with E-state index in [-0.39, 0.29) is 12.4 Å². The monoisotopic (exact) mass is 271 g/mol. The van der Waals surface area contributed by atoms with Crippen LogP contribution >= 0.6 is 12.4 Å². The highest BCUT2D eigenvalue weighted by Gasteiger charge is 2.34. The summed E-state index contributed by atoms with van der Waals surface area (Å²) in [7, 11) is 1.52. The first-order valence-electron chi connectivity index (χ1n) is 5.11. The molecule has 3 nitrogen and oxygen atoms in total. The molecule has 0 unspecified atom stereocenters. The highest BCUT2D eigenvalue weighted by Crippen LogP contribution is 2.28. The lowest BCUT2D eigenvalue weighted by Crippen LogP contribution is -2.20. The maximum atomic E-state index is 12.3. The minimum absolute atomic E-state index is 0. The summed E-state index contributed by atoms with van der Waals surface area (Å²) in [6.45, 7) is 5.25. The van der Waals surface area contributed by atoms with E-state index in [0.717, 1.165) is 12.6 Å². The number of hydrogen-bond donors (Lipinski definition) is 1. The van der Waals surface area contributed by atoms with Crippen LogP contribution in [0.3, 0.4) is 0 Å². The van der Waals surface area contributed by atoms with Crippen molar-refractivity contribution in [3.63, 3.8) is 0 Å². The minimum atomic E-state index is -4.37. The Hall–Kier alpha value is -0.750. The fourth-order valence-electron chi connectivity index (χ4n) is 1.30. The third kappa shape index (κ3) is 4.95. The van der Waals surface area contributed by atoms with E-state index < -0.39 is 11.9 Å². The van der Waals surface area contributed by atoms with Crippen LogP contribution in [-0.2, 0) is 19.8 Å². The lowest BCUT2D eigenvalue weighted by Gasteiger charge is -2.06. The predicted octanol–water partition coefficient (Wildman–Crippen LogP) is 2.61. The smallest absolute Gasteiger partial charge is 0.311 e. The molecule has 1 rings (SSSR count). The van der Waals surface area contributed by atoms with Crippen LogP contribution in [0.25, 0.3) is 0 Å². The molecule has 0 aromatic carbocycles. The number of hydrogen-bond acceptors (Lipinski definition) is 2. The van der Waals surface area contributed by atoms with Gasteiger partial charge in [0.1, 0.15) is 0 Å². The van der Waals surface area contributed by atoms with Gasteiger partial charge in [-0.15, -0.1) is 12.4 Å². The van der Waals surface area contributed by atoms with E-state index in [1.54, 1.807) is 0 Å². The maximum Gasteiger partial charge on any atom is 0.435 e. The molecule has 1 N–H and O–H groups in total. The fraction of sp³-hybridized carbons (Fsp3) is 0.700. The molecule has 1 aromatic rings. The van der Waals surface area contributed by atoms with Gasteiger partial charge in [0.25, 0.3) is 0 Å². The summed E-state index contributed by atoms with van der Waals surface area (Å²) in [6.07, 6.45) is -4.37. The molecule has 0 bridgehead atoms. The summed E-state index contributed by atoms with van der Waals surface area (Å²) in [5, 5.41) is 6.51. The number of aryl methyl sites for hydroxylation is 1. The van der Waals surface area contributed by atoms with Crippen molar-refractivity contribution in [2.45, 2.75) is 26.6 Å². The van der Waals surface area contributed by atoms with Crippen molar-refractivity contribution < 1.29 is 13.2 Å². The van der Waals surface area contributed by atoms with Crippen LogP contribution in [0.2, 0.25) is 0 Å².